The van der Waals surface area contributed by atoms with Crippen LogP contribution in [0.4, 0.5) is 0 Å². The van der Waals surface area contributed by atoms with Gasteiger partial charge in [0.2, 0.25) is 0 Å². The quantitative estimate of drug-likeness (QED) is 0.891. The maximum Gasteiger partial charge on any atom is 0.274 e. The molecule has 0 aliphatic heterocycles. The first-order valence-electron chi connectivity index (χ1n) is 7.99. The molecule has 2 heterocycles. The predicted molar refractivity (Wildman–Crippen MR) is 83.6 cm³/mol. The van der Waals surface area contributed by atoms with Gasteiger partial charge in [-0.1, -0.05) is 0 Å². The van der Waals surface area contributed by atoms with Crippen LogP contribution in [-0.2, 0) is 13.1 Å². The molecule has 22 heavy (non-hydrogen) atoms. The highest BCUT2D eigenvalue weighted by Crippen LogP contribution is 2.39. The number of carbonyl (C=O) groups is 1. The Morgan fingerprint density at radius 3 is 2.82 bits per heavy atom. The monoisotopic (exact) mass is 301 g/mol. The van der Waals surface area contributed by atoms with Crippen molar-refractivity contribution in [2.24, 2.45) is 0 Å². The normalized spacial score (nSPS) is 14.3. The zero-order valence-corrected chi connectivity index (χ0v) is 13.5. The Hall–Kier alpha value is -2.11. The van der Waals surface area contributed by atoms with E-state index >= 15 is 0 Å². The summed E-state index contributed by atoms with van der Waals surface area (Å²) in [5, 5.41) is 11.6. The van der Waals surface area contributed by atoms with Crippen molar-refractivity contribution in [1.29, 1.82) is 0 Å². The highest BCUT2D eigenvalue weighted by molar-refractivity contribution is 5.92. The smallest absolute Gasteiger partial charge is 0.274 e. The standard InChI is InChI=1S/C16H23N5O/c1-4-20(9-13-10-21(5-2)19-11(13)3)16(22)15-8-14(17-18-15)12-6-7-12/h8,10,12H,4-7,9H2,1-3H3,(H,17,18). The Morgan fingerprint density at radius 1 is 1.45 bits per heavy atom. The third kappa shape index (κ3) is 2.91. The zero-order chi connectivity index (χ0) is 15.7. The Bertz CT molecular complexity index is 668. The van der Waals surface area contributed by atoms with Gasteiger partial charge in [0.15, 0.2) is 0 Å². The second-order valence-corrected chi connectivity index (χ2v) is 5.90. The van der Waals surface area contributed by atoms with Crippen molar-refractivity contribution in [2.45, 2.75) is 52.6 Å². The Kier molecular flexibility index (Phi) is 4.00. The number of hydrogen-bond donors (Lipinski definition) is 1. The largest absolute Gasteiger partial charge is 0.333 e. The molecule has 6 nitrogen and oxygen atoms in total. The van der Waals surface area contributed by atoms with E-state index in [0.29, 0.717) is 24.7 Å². The Morgan fingerprint density at radius 2 is 2.23 bits per heavy atom. The number of aryl methyl sites for hydroxylation is 2. The average molecular weight is 301 g/mol. The van der Waals surface area contributed by atoms with Crippen LogP contribution in [0, 0.1) is 6.92 Å². The van der Waals surface area contributed by atoms with Crippen molar-refractivity contribution in [2.75, 3.05) is 6.54 Å². The number of hydrogen-bond acceptors (Lipinski definition) is 3. The van der Waals surface area contributed by atoms with Crippen LogP contribution in [0.15, 0.2) is 12.3 Å². The third-order valence-electron chi connectivity index (χ3n) is 4.24. The van der Waals surface area contributed by atoms with Gasteiger partial charge in [0.05, 0.1) is 5.69 Å². The summed E-state index contributed by atoms with van der Waals surface area (Å²) in [6, 6.07) is 1.91. The van der Waals surface area contributed by atoms with E-state index in [0.717, 1.165) is 23.5 Å². The molecule has 1 aliphatic carbocycles. The van der Waals surface area contributed by atoms with E-state index in [1.54, 1.807) is 0 Å². The molecule has 0 spiro atoms. The van der Waals surface area contributed by atoms with E-state index in [2.05, 4.69) is 22.2 Å². The highest BCUT2D eigenvalue weighted by Gasteiger charge is 2.27. The average Bonchev–Trinajstić information content (AvgIpc) is 3.14. The minimum atomic E-state index is -0.0192. The number of aromatic nitrogens is 4. The molecule has 1 N–H and O–H groups in total. The van der Waals surface area contributed by atoms with Gasteiger partial charge in [-0.15, -0.1) is 0 Å². The lowest BCUT2D eigenvalue weighted by atomic mass is 10.2. The molecule has 1 fully saturated rings. The lowest BCUT2D eigenvalue weighted by Crippen LogP contribution is -2.30. The summed E-state index contributed by atoms with van der Waals surface area (Å²) in [4.78, 5) is 14.5. The molecule has 1 aliphatic rings. The molecule has 118 valence electrons. The van der Waals surface area contributed by atoms with Crippen LogP contribution in [0.3, 0.4) is 0 Å². The van der Waals surface area contributed by atoms with Crippen molar-refractivity contribution in [3.63, 3.8) is 0 Å². The second kappa shape index (κ2) is 5.94. The summed E-state index contributed by atoms with van der Waals surface area (Å²) in [6.45, 7) is 8.10. The van der Waals surface area contributed by atoms with E-state index in [1.165, 1.54) is 12.8 Å². The molecule has 0 unspecified atom stereocenters. The maximum absolute atomic E-state index is 12.6. The molecular weight excluding hydrogens is 278 g/mol. The van der Waals surface area contributed by atoms with Gasteiger partial charge in [0.25, 0.3) is 5.91 Å². The van der Waals surface area contributed by atoms with E-state index in [9.17, 15) is 4.79 Å². The number of amides is 1. The van der Waals surface area contributed by atoms with Crippen LogP contribution in [0.25, 0.3) is 0 Å². The van der Waals surface area contributed by atoms with E-state index in [4.69, 9.17) is 0 Å². The summed E-state index contributed by atoms with van der Waals surface area (Å²) in [7, 11) is 0. The molecule has 0 saturated heterocycles. The number of nitrogens with one attached hydrogen (secondary N) is 1. The number of rotatable bonds is 6. The molecule has 1 saturated carbocycles. The number of H-pyrrole nitrogens is 1. The molecular formula is C16H23N5O. The first-order chi connectivity index (χ1) is 10.6. The summed E-state index contributed by atoms with van der Waals surface area (Å²) < 4.78 is 1.91. The van der Waals surface area contributed by atoms with Crippen molar-refractivity contribution in [3.05, 3.63) is 34.9 Å². The first-order valence-corrected chi connectivity index (χ1v) is 7.99. The van der Waals surface area contributed by atoms with Crippen LogP contribution in [0.1, 0.15) is 60.0 Å². The fourth-order valence-electron chi connectivity index (χ4n) is 2.62. The van der Waals surface area contributed by atoms with Crippen molar-refractivity contribution in [3.8, 4) is 0 Å². The summed E-state index contributed by atoms with van der Waals surface area (Å²) in [5.41, 5.74) is 3.68. The predicted octanol–water partition coefficient (Wildman–Crippen LogP) is 2.47. The molecule has 3 rings (SSSR count). The molecule has 0 bridgehead atoms. The minimum absolute atomic E-state index is 0.0192. The molecule has 2 aromatic rings. The third-order valence-corrected chi connectivity index (χ3v) is 4.24. The van der Waals surface area contributed by atoms with E-state index in [1.807, 2.05) is 35.7 Å². The minimum Gasteiger partial charge on any atom is -0.333 e. The Balaban J connectivity index is 1.74. The number of nitrogens with zero attached hydrogens (tertiary/aromatic N) is 4. The van der Waals surface area contributed by atoms with Crippen LogP contribution in [-0.4, -0.2) is 37.3 Å². The number of aromatic amines is 1. The van der Waals surface area contributed by atoms with Crippen LogP contribution < -0.4 is 0 Å². The molecule has 0 atom stereocenters. The van der Waals surface area contributed by atoms with Crippen LogP contribution in [0.2, 0.25) is 0 Å². The second-order valence-electron chi connectivity index (χ2n) is 5.90. The molecule has 0 radical (unpaired) electrons. The van der Waals surface area contributed by atoms with Gasteiger partial charge in [-0.05, 0) is 39.7 Å². The van der Waals surface area contributed by atoms with E-state index < -0.39 is 0 Å². The van der Waals surface area contributed by atoms with Gasteiger partial charge in [0, 0.05) is 43.0 Å². The van der Waals surface area contributed by atoms with Gasteiger partial charge < -0.3 is 4.90 Å². The van der Waals surface area contributed by atoms with Crippen molar-refractivity contribution >= 4 is 5.91 Å². The SMILES string of the molecule is CCN(Cc1cn(CC)nc1C)C(=O)c1cc(C2CC2)[nH]n1. The fraction of sp³-hybridized carbons (Fsp3) is 0.562. The Labute approximate surface area is 130 Å². The maximum atomic E-state index is 12.6. The van der Waals surface area contributed by atoms with Gasteiger partial charge >= 0.3 is 0 Å². The summed E-state index contributed by atoms with van der Waals surface area (Å²) >= 11 is 0. The highest BCUT2D eigenvalue weighted by atomic mass is 16.2. The van der Waals surface area contributed by atoms with Crippen molar-refractivity contribution in [1.82, 2.24) is 24.9 Å². The number of carbonyl (C=O) groups excluding carboxylic acids is 1. The van der Waals surface area contributed by atoms with Crippen molar-refractivity contribution < 1.29 is 4.79 Å². The lowest BCUT2D eigenvalue weighted by Gasteiger charge is -2.19. The van der Waals surface area contributed by atoms with Gasteiger partial charge in [-0.25, -0.2) is 0 Å². The fourth-order valence-corrected chi connectivity index (χ4v) is 2.62. The van der Waals surface area contributed by atoms with Gasteiger partial charge in [-0.2, -0.15) is 10.2 Å². The van der Waals surface area contributed by atoms with Gasteiger partial charge in [0.1, 0.15) is 5.69 Å². The van der Waals surface area contributed by atoms with Crippen LogP contribution in [0.5, 0.6) is 0 Å². The summed E-state index contributed by atoms with van der Waals surface area (Å²) in [5.74, 6) is 0.559. The van der Waals surface area contributed by atoms with Gasteiger partial charge in [-0.3, -0.25) is 14.6 Å². The summed E-state index contributed by atoms with van der Waals surface area (Å²) in [6.07, 6.45) is 4.41. The van der Waals surface area contributed by atoms with E-state index in [-0.39, 0.29) is 5.91 Å². The molecule has 1 amide bonds. The lowest BCUT2D eigenvalue weighted by molar-refractivity contribution is 0.0746. The zero-order valence-electron chi connectivity index (χ0n) is 13.5. The molecule has 6 heteroatoms. The first kappa shape index (κ1) is 14.8. The molecule has 0 aromatic carbocycles. The molecule has 2 aromatic heterocycles. The topological polar surface area (TPSA) is 66.8 Å². The van der Waals surface area contributed by atoms with Crippen LogP contribution >= 0.6 is 0 Å².